The van der Waals surface area contributed by atoms with Gasteiger partial charge in [0.25, 0.3) is 0 Å². The van der Waals surface area contributed by atoms with Gasteiger partial charge < -0.3 is 9.47 Å². The molecule has 0 N–H and O–H groups in total. The summed E-state index contributed by atoms with van der Waals surface area (Å²) in [5.74, 6) is 0.605. The number of aromatic nitrogens is 3. The van der Waals surface area contributed by atoms with E-state index in [0.717, 1.165) is 27.9 Å². The summed E-state index contributed by atoms with van der Waals surface area (Å²) in [6.07, 6.45) is 0. The monoisotopic (exact) mass is 393 g/mol. The van der Waals surface area contributed by atoms with Gasteiger partial charge in [0.1, 0.15) is 19.0 Å². The Kier molecular flexibility index (Phi) is 5.43. The standard InChI is InChI=1S/C21H19N3O3S/c1-15-13-19-22-23-21(24(19)18-10-6-5-9-17(15)18)28-14-20(25)27-12-11-26-16-7-3-2-4-8-16/h2-10,13H,11-12,14H2,1H3. The molecular formula is C21H19N3O3S. The number of nitrogens with zero attached hydrogens (tertiary/aromatic N) is 3. The predicted octanol–water partition coefficient (Wildman–Crippen LogP) is 3.91. The molecule has 28 heavy (non-hydrogen) atoms. The lowest BCUT2D eigenvalue weighted by molar-refractivity contribution is -0.141. The van der Waals surface area contributed by atoms with Crippen LogP contribution in [0.5, 0.6) is 5.75 Å². The third-order valence-corrected chi connectivity index (χ3v) is 5.15. The maximum absolute atomic E-state index is 12.0. The minimum Gasteiger partial charge on any atom is -0.490 e. The molecule has 6 nitrogen and oxygen atoms in total. The molecule has 2 aromatic carbocycles. The Hall–Kier alpha value is -3.06. The lowest BCUT2D eigenvalue weighted by Crippen LogP contribution is -2.14. The molecule has 0 amide bonds. The Labute approximate surface area is 166 Å². The number of benzene rings is 2. The van der Waals surface area contributed by atoms with Gasteiger partial charge in [-0.25, -0.2) is 0 Å². The number of fused-ring (bicyclic) bond motifs is 3. The quantitative estimate of drug-likeness (QED) is 0.269. The second-order valence-corrected chi connectivity index (χ2v) is 7.13. The van der Waals surface area contributed by atoms with Crippen LogP contribution in [0.2, 0.25) is 0 Å². The van der Waals surface area contributed by atoms with Crippen molar-refractivity contribution in [3.05, 3.63) is 66.2 Å². The number of hydrogen-bond acceptors (Lipinski definition) is 6. The van der Waals surface area contributed by atoms with Crippen LogP contribution in [-0.4, -0.2) is 39.5 Å². The zero-order chi connectivity index (χ0) is 19.3. The molecule has 0 saturated heterocycles. The first-order valence-electron chi connectivity index (χ1n) is 8.92. The molecule has 0 aliphatic rings. The Morgan fingerprint density at radius 2 is 1.82 bits per heavy atom. The fourth-order valence-electron chi connectivity index (χ4n) is 2.97. The van der Waals surface area contributed by atoms with Gasteiger partial charge in [0.05, 0.1) is 11.3 Å². The summed E-state index contributed by atoms with van der Waals surface area (Å²) in [5, 5.41) is 10.3. The van der Waals surface area contributed by atoms with Gasteiger partial charge >= 0.3 is 5.97 Å². The normalized spacial score (nSPS) is 11.0. The van der Waals surface area contributed by atoms with Crippen LogP contribution in [0.25, 0.3) is 16.6 Å². The molecule has 0 saturated carbocycles. The van der Waals surface area contributed by atoms with Crippen LogP contribution in [0.3, 0.4) is 0 Å². The third kappa shape index (κ3) is 3.94. The molecule has 0 fully saturated rings. The number of ether oxygens (including phenoxy) is 2. The number of hydrogen-bond donors (Lipinski definition) is 0. The lowest BCUT2D eigenvalue weighted by atomic mass is 10.1. The van der Waals surface area contributed by atoms with Gasteiger partial charge in [0, 0.05) is 5.39 Å². The van der Waals surface area contributed by atoms with E-state index in [4.69, 9.17) is 9.47 Å². The van der Waals surface area contributed by atoms with Gasteiger partial charge in [-0.15, -0.1) is 10.2 Å². The zero-order valence-electron chi connectivity index (χ0n) is 15.4. The predicted molar refractivity (Wildman–Crippen MR) is 109 cm³/mol. The molecule has 0 aliphatic heterocycles. The number of pyridine rings is 1. The highest BCUT2D eigenvalue weighted by Crippen LogP contribution is 2.25. The number of para-hydroxylation sites is 2. The number of thioether (sulfide) groups is 1. The molecule has 4 aromatic rings. The minimum absolute atomic E-state index is 0.161. The van der Waals surface area contributed by atoms with Crippen molar-refractivity contribution in [3.8, 4) is 5.75 Å². The SMILES string of the molecule is Cc1cc2nnc(SCC(=O)OCCOc3ccccc3)n2c2ccccc12. The average Bonchev–Trinajstić information content (AvgIpc) is 3.13. The molecule has 0 bridgehead atoms. The maximum atomic E-state index is 12.0. The van der Waals surface area contributed by atoms with Gasteiger partial charge in [0.2, 0.25) is 0 Å². The summed E-state index contributed by atoms with van der Waals surface area (Å²) in [6.45, 7) is 2.58. The van der Waals surface area contributed by atoms with Crippen molar-refractivity contribution in [1.82, 2.24) is 14.6 Å². The van der Waals surface area contributed by atoms with Gasteiger partial charge in [-0.05, 0) is 36.8 Å². The summed E-state index contributed by atoms with van der Waals surface area (Å²) in [6, 6.07) is 19.5. The van der Waals surface area contributed by atoms with E-state index in [9.17, 15) is 4.79 Å². The molecule has 0 unspecified atom stereocenters. The molecular weight excluding hydrogens is 374 g/mol. The van der Waals surface area contributed by atoms with Crippen LogP contribution in [0.1, 0.15) is 5.56 Å². The molecule has 2 heterocycles. The second kappa shape index (κ2) is 8.31. The van der Waals surface area contributed by atoms with E-state index in [2.05, 4.69) is 23.2 Å². The maximum Gasteiger partial charge on any atom is 0.316 e. The first-order chi connectivity index (χ1) is 13.7. The molecule has 0 aliphatic carbocycles. The summed E-state index contributed by atoms with van der Waals surface area (Å²) in [5.41, 5.74) is 2.93. The second-order valence-electron chi connectivity index (χ2n) is 6.19. The summed E-state index contributed by atoms with van der Waals surface area (Å²) >= 11 is 1.31. The minimum atomic E-state index is -0.310. The Morgan fingerprint density at radius 3 is 2.68 bits per heavy atom. The smallest absolute Gasteiger partial charge is 0.316 e. The number of esters is 1. The van der Waals surface area contributed by atoms with Crippen molar-refractivity contribution in [2.24, 2.45) is 0 Å². The average molecular weight is 393 g/mol. The molecule has 0 spiro atoms. The van der Waals surface area contributed by atoms with Crippen molar-refractivity contribution in [1.29, 1.82) is 0 Å². The largest absolute Gasteiger partial charge is 0.490 e. The van der Waals surface area contributed by atoms with Gasteiger partial charge in [-0.3, -0.25) is 9.20 Å². The van der Waals surface area contributed by atoms with Crippen molar-refractivity contribution >= 4 is 34.3 Å². The topological polar surface area (TPSA) is 65.7 Å². The van der Waals surface area contributed by atoms with E-state index in [-0.39, 0.29) is 18.3 Å². The Morgan fingerprint density at radius 1 is 1.04 bits per heavy atom. The molecule has 142 valence electrons. The van der Waals surface area contributed by atoms with Crippen LogP contribution >= 0.6 is 11.8 Å². The van der Waals surface area contributed by atoms with Crippen molar-refractivity contribution in [2.45, 2.75) is 12.1 Å². The fraction of sp³-hybridized carbons (Fsp3) is 0.190. The van der Waals surface area contributed by atoms with Crippen molar-refractivity contribution < 1.29 is 14.3 Å². The molecule has 0 radical (unpaired) electrons. The highest BCUT2D eigenvalue weighted by atomic mass is 32.2. The molecule has 2 aromatic heterocycles. The number of aryl methyl sites for hydroxylation is 1. The van der Waals surface area contributed by atoms with E-state index < -0.39 is 0 Å². The van der Waals surface area contributed by atoms with Crippen molar-refractivity contribution in [3.63, 3.8) is 0 Å². The number of carbonyl (C=O) groups excluding carboxylic acids is 1. The van der Waals surface area contributed by atoms with Crippen LogP contribution in [0, 0.1) is 6.92 Å². The van der Waals surface area contributed by atoms with Crippen LogP contribution in [0.15, 0.2) is 65.8 Å². The van der Waals surface area contributed by atoms with E-state index in [1.165, 1.54) is 11.8 Å². The van der Waals surface area contributed by atoms with Crippen LogP contribution in [0.4, 0.5) is 0 Å². The lowest BCUT2D eigenvalue weighted by Gasteiger charge is -2.08. The molecule has 7 heteroatoms. The molecule has 0 atom stereocenters. The van der Waals surface area contributed by atoms with Gasteiger partial charge in [-0.2, -0.15) is 0 Å². The Bertz CT molecular complexity index is 1110. The number of rotatable bonds is 7. The van der Waals surface area contributed by atoms with Crippen LogP contribution in [-0.2, 0) is 9.53 Å². The summed E-state index contributed by atoms with van der Waals surface area (Å²) in [7, 11) is 0. The summed E-state index contributed by atoms with van der Waals surface area (Å²) in [4.78, 5) is 12.0. The van der Waals surface area contributed by atoms with E-state index in [1.54, 1.807) is 0 Å². The fourth-order valence-corrected chi connectivity index (χ4v) is 3.71. The first-order valence-corrected chi connectivity index (χ1v) is 9.91. The highest BCUT2D eigenvalue weighted by molar-refractivity contribution is 7.99. The Balaban J connectivity index is 1.36. The van der Waals surface area contributed by atoms with Gasteiger partial charge in [0.15, 0.2) is 10.8 Å². The highest BCUT2D eigenvalue weighted by Gasteiger charge is 2.13. The van der Waals surface area contributed by atoms with E-state index >= 15 is 0 Å². The van der Waals surface area contributed by atoms with Crippen molar-refractivity contribution in [2.75, 3.05) is 19.0 Å². The van der Waals surface area contributed by atoms with Crippen LogP contribution < -0.4 is 4.74 Å². The van der Waals surface area contributed by atoms with E-state index in [0.29, 0.717) is 11.8 Å². The first kappa shape index (κ1) is 18.3. The third-order valence-electron chi connectivity index (χ3n) is 4.25. The summed E-state index contributed by atoms with van der Waals surface area (Å²) < 4.78 is 12.7. The molecule has 4 rings (SSSR count). The van der Waals surface area contributed by atoms with Gasteiger partial charge in [-0.1, -0.05) is 48.2 Å². The van der Waals surface area contributed by atoms with E-state index in [1.807, 2.05) is 59.0 Å². The zero-order valence-corrected chi connectivity index (χ0v) is 16.2. The number of carbonyl (C=O) groups is 1.